The Morgan fingerprint density at radius 1 is 1.56 bits per heavy atom. The molecule has 8 nitrogen and oxygen atoms in total. The van der Waals surface area contributed by atoms with Crippen molar-refractivity contribution in [2.75, 3.05) is 5.32 Å². The van der Waals surface area contributed by atoms with Crippen molar-refractivity contribution in [3.05, 3.63) is 16.7 Å². The van der Waals surface area contributed by atoms with E-state index >= 15 is 0 Å². The first-order valence-electron chi connectivity index (χ1n) is 8.08. The fraction of sp³-hybridized carbons (Fsp3) is 0.600. The molecule has 1 aliphatic rings. The second kappa shape index (κ2) is 6.75. The van der Waals surface area contributed by atoms with Crippen LogP contribution in [0.1, 0.15) is 32.6 Å². The molecule has 0 unspecified atom stereocenters. The third-order valence-electron chi connectivity index (χ3n) is 4.16. The maximum atomic E-state index is 14.2. The largest absolute Gasteiger partial charge is 0.387 e. The second-order valence-corrected chi connectivity index (χ2v) is 7.65. The smallest absolute Gasteiger partial charge is 0.280 e. The quantitative estimate of drug-likeness (QED) is 0.752. The summed E-state index contributed by atoms with van der Waals surface area (Å²) in [6.45, 7) is 5.29. The van der Waals surface area contributed by atoms with Gasteiger partial charge in [-0.3, -0.25) is 24.5 Å². The molecule has 3 N–H and O–H groups in total. The number of halogens is 1. The summed E-state index contributed by atoms with van der Waals surface area (Å²) in [6, 6.07) is 0. The minimum Gasteiger partial charge on any atom is -0.387 e. The Labute approximate surface area is 147 Å². The highest BCUT2D eigenvalue weighted by Crippen LogP contribution is 2.45. The van der Waals surface area contributed by atoms with Crippen molar-refractivity contribution in [3.8, 4) is 0 Å². The number of thioether (sulfide) groups is 1. The first-order valence-corrected chi connectivity index (χ1v) is 9.03. The number of H-pyrrole nitrogens is 1. The molecule has 3 heterocycles. The molecule has 1 fully saturated rings. The van der Waals surface area contributed by atoms with Gasteiger partial charge in [0.05, 0.1) is 6.33 Å². The molecule has 10 heteroatoms. The lowest BCUT2D eigenvalue weighted by Gasteiger charge is -2.16. The van der Waals surface area contributed by atoms with Crippen molar-refractivity contribution in [1.82, 2.24) is 19.5 Å². The summed E-state index contributed by atoms with van der Waals surface area (Å²) >= 11 is 1.29. The van der Waals surface area contributed by atoms with Crippen LogP contribution in [0.4, 0.5) is 10.3 Å². The van der Waals surface area contributed by atoms with Crippen LogP contribution in [-0.2, 0) is 4.79 Å². The first-order chi connectivity index (χ1) is 11.8. The number of anilines is 1. The van der Waals surface area contributed by atoms with E-state index in [0.717, 1.165) is 0 Å². The number of rotatable bonds is 4. The van der Waals surface area contributed by atoms with Crippen LogP contribution in [0.2, 0.25) is 0 Å². The van der Waals surface area contributed by atoms with E-state index in [9.17, 15) is 19.1 Å². The summed E-state index contributed by atoms with van der Waals surface area (Å²) in [5, 5.41) is 11.8. The summed E-state index contributed by atoms with van der Waals surface area (Å²) in [7, 11) is 0. The van der Waals surface area contributed by atoms with Crippen LogP contribution in [0.15, 0.2) is 11.1 Å². The Kier molecular flexibility index (Phi) is 4.83. The molecule has 1 saturated heterocycles. The monoisotopic (exact) mass is 369 g/mol. The number of fused-ring (bicyclic) bond motifs is 1. The molecule has 3 rings (SSSR count). The third kappa shape index (κ3) is 3.15. The number of nitrogens with one attached hydrogen (secondary N) is 2. The van der Waals surface area contributed by atoms with Gasteiger partial charge in [-0.25, -0.2) is 9.37 Å². The van der Waals surface area contributed by atoms with Crippen molar-refractivity contribution < 1.29 is 14.3 Å². The van der Waals surface area contributed by atoms with Crippen LogP contribution >= 0.6 is 11.8 Å². The number of hydrogen-bond donors (Lipinski definition) is 3. The first kappa shape index (κ1) is 17.9. The normalized spacial score (nSPS) is 26.5. The molecule has 1 amide bonds. The molecule has 0 saturated carbocycles. The van der Waals surface area contributed by atoms with Gasteiger partial charge in [0.25, 0.3) is 5.56 Å². The highest BCUT2D eigenvalue weighted by molar-refractivity contribution is 8.00. The maximum Gasteiger partial charge on any atom is 0.280 e. The third-order valence-corrected chi connectivity index (χ3v) is 5.89. The summed E-state index contributed by atoms with van der Waals surface area (Å²) in [5.41, 5.74) is -0.238. The molecule has 0 bridgehead atoms. The van der Waals surface area contributed by atoms with E-state index in [4.69, 9.17) is 0 Å². The SMILES string of the molecule is CC[C@H]1S[C@@H](n2cnc3c(=O)[nH]c(NC(=O)C(C)C)nc32)[C@H](O)[C@H]1F. The lowest BCUT2D eigenvalue weighted by Crippen LogP contribution is -2.28. The molecule has 136 valence electrons. The molecule has 0 spiro atoms. The van der Waals surface area contributed by atoms with E-state index in [1.807, 2.05) is 6.92 Å². The number of aromatic amines is 1. The highest BCUT2D eigenvalue weighted by Gasteiger charge is 2.44. The molecular weight excluding hydrogens is 349 g/mol. The number of carbonyl (C=O) groups excluding carboxylic acids is 1. The van der Waals surface area contributed by atoms with Crippen molar-refractivity contribution in [3.63, 3.8) is 0 Å². The Hall–Kier alpha value is -1.94. The number of hydrogen-bond acceptors (Lipinski definition) is 6. The molecule has 0 aliphatic carbocycles. The van der Waals surface area contributed by atoms with Crippen LogP contribution in [0.5, 0.6) is 0 Å². The number of aromatic nitrogens is 4. The van der Waals surface area contributed by atoms with Gasteiger partial charge >= 0.3 is 0 Å². The van der Waals surface area contributed by atoms with Gasteiger partial charge in [-0.2, -0.15) is 4.98 Å². The Morgan fingerprint density at radius 3 is 2.88 bits per heavy atom. The van der Waals surface area contributed by atoms with Crippen LogP contribution in [0, 0.1) is 5.92 Å². The van der Waals surface area contributed by atoms with Crippen molar-refractivity contribution in [1.29, 1.82) is 0 Å². The van der Waals surface area contributed by atoms with E-state index in [2.05, 4.69) is 20.3 Å². The number of amides is 1. The van der Waals surface area contributed by atoms with Gasteiger partial charge in [0, 0.05) is 11.2 Å². The fourth-order valence-corrected chi connectivity index (χ4v) is 4.15. The molecule has 2 aromatic heterocycles. The summed E-state index contributed by atoms with van der Waals surface area (Å²) < 4.78 is 15.7. The molecule has 4 atom stereocenters. The summed E-state index contributed by atoms with van der Waals surface area (Å²) in [6.07, 6.45) is -0.635. The lowest BCUT2D eigenvalue weighted by molar-refractivity contribution is -0.118. The number of aliphatic hydroxyl groups excluding tert-OH is 1. The average molecular weight is 369 g/mol. The molecule has 2 aromatic rings. The molecule has 25 heavy (non-hydrogen) atoms. The molecule has 0 aromatic carbocycles. The summed E-state index contributed by atoms with van der Waals surface area (Å²) in [4.78, 5) is 34.7. The van der Waals surface area contributed by atoms with Crippen molar-refractivity contribution >= 4 is 34.8 Å². The number of imidazole rings is 1. The summed E-state index contributed by atoms with van der Waals surface area (Å²) in [5.74, 6) is -0.575. The Balaban J connectivity index is 2.01. The van der Waals surface area contributed by atoms with Crippen LogP contribution in [0.25, 0.3) is 11.2 Å². The van der Waals surface area contributed by atoms with Gasteiger partial charge in [-0.15, -0.1) is 11.8 Å². The van der Waals surface area contributed by atoms with Crippen LogP contribution < -0.4 is 10.9 Å². The topological polar surface area (TPSA) is 113 Å². The van der Waals surface area contributed by atoms with E-state index in [-0.39, 0.29) is 34.2 Å². The lowest BCUT2D eigenvalue weighted by atomic mass is 10.1. The zero-order chi connectivity index (χ0) is 18.3. The Bertz CT molecular complexity index is 851. The van der Waals surface area contributed by atoms with E-state index in [1.54, 1.807) is 13.8 Å². The zero-order valence-electron chi connectivity index (χ0n) is 14.1. The number of carbonyl (C=O) groups is 1. The fourth-order valence-electron chi connectivity index (χ4n) is 2.70. The predicted molar refractivity (Wildman–Crippen MR) is 93.2 cm³/mol. The molecule has 1 aliphatic heterocycles. The highest BCUT2D eigenvalue weighted by atomic mass is 32.2. The van der Waals surface area contributed by atoms with Gasteiger partial charge in [-0.05, 0) is 6.42 Å². The number of aliphatic hydroxyl groups is 1. The van der Waals surface area contributed by atoms with Crippen LogP contribution in [0.3, 0.4) is 0 Å². The average Bonchev–Trinajstić information content (AvgIpc) is 3.10. The second-order valence-electron chi connectivity index (χ2n) is 6.29. The standard InChI is InChI=1S/C15H20FN5O3S/c1-4-7-8(16)10(22)14(25-7)21-5-17-9-11(21)18-15(20-13(9)24)19-12(23)6(2)3/h5-8,10,14,22H,4H2,1-3H3,(H2,18,19,20,23,24)/t7-,8+,10-,14-/m1/s1. The maximum absolute atomic E-state index is 14.2. The van der Waals surface area contributed by atoms with Gasteiger partial charge in [0.15, 0.2) is 11.2 Å². The van der Waals surface area contributed by atoms with Gasteiger partial charge in [-0.1, -0.05) is 20.8 Å². The Morgan fingerprint density at radius 2 is 2.28 bits per heavy atom. The van der Waals surface area contributed by atoms with Crippen molar-refractivity contribution in [2.24, 2.45) is 5.92 Å². The molecule has 0 radical (unpaired) electrons. The minimum absolute atomic E-state index is 0.000670. The zero-order valence-corrected chi connectivity index (χ0v) is 14.9. The number of alkyl halides is 1. The predicted octanol–water partition coefficient (Wildman–Crippen LogP) is 1.44. The van der Waals surface area contributed by atoms with Gasteiger partial charge < -0.3 is 5.11 Å². The van der Waals surface area contributed by atoms with Gasteiger partial charge in [0.2, 0.25) is 11.9 Å². The minimum atomic E-state index is -1.36. The van der Waals surface area contributed by atoms with Crippen molar-refractivity contribution in [2.45, 2.75) is 50.1 Å². The van der Waals surface area contributed by atoms with Gasteiger partial charge in [0.1, 0.15) is 17.6 Å². The van der Waals surface area contributed by atoms with Crippen LogP contribution in [-0.4, -0.2) is 48.1 Å². The van der Waals surface area contributed by atoms with E-state index in [0.29, 0.717) is 6.42 Å². The van der Waals surface area contributed by atoms with E-state index in [1.165, 1.54) is 22.7 Å². The molecular formula is C15H20FN5O3S. The van der Waals surface area contributed by atoms with E-state index < -0.39 is 23.2 Å². The number of nitrogens with zero attached hydrogens (tertiary/aromatic N) is 3.